The average molecular weight is 234 g/mol. The van der Waals surface area contributed by atoms with Gasteiger partial charge in [-0.2, -0.15) is 0 Å². The van der Waals surface area contributed by atoms with Crippen LogP contribution < -0.4 is 5.73 Å². The van der Waals surface area contributed by atoms with E-state index in [1.807, 2.05) is 12.1 Å². The molecule has 3 nitrogen and oxygen atoms in total. The second kappa shape index (κ2) is 5.07. The number of benzene rings is 1. The third kappa shape index (κ3) is 2.79. The Balaban J connectivity index is 2.05. The second-order valence-corrected chi connectivity index (χ2v) is 5.19. The van der Waals surface area contributed by atoms with E-state index in [0.29, 0.717) is 23.8 Å². The summed E-state index contributed by atoms with van der Waals surface area (Å²) in [6.07, 6.45) is 1.07. The smallest absolute Gasteiger partial charge is 0.115 e. The van der Waals surface area contributed by atoms with E-state index in [-0.39, 0.29) is 0 Å². The van der Waals surface area contributed by atoms with Gasteiger partial charge in [-0.3, -0.25) is 4.90 Å². The maximum absolute atomic E-state index is 9.30. The quantitative estimate of drug-likeness (QED) is 0.824. The standard InChI is InChI=1S/C14H22N2O/c1-10-9-16(8-7-14(10)15)11(2)12-3-5-13(17)6-4-12/h3-6,10-11,14,17H,7-9,15H2,1-2H3. The Morgan fingerprint density at radius 3 is 2.59 bits per heavy atom. The molecule has 3 heteroatoms. The average Bonchev–Trinajstić information content (AvgIpc) is 2.33. The second-order valence-electron chi connectivity index (χ2n) is 5.19. The summed E-state index contributed by atoms with van der Waals surface area (Å²) in [7, 11) is 0. The first kappa shape index (κ1) is 12.4. The van der Waals surface area contributed by atoms with Crippen LogP contribution in [0, 0.1) is 5.92 Å². The number of nitrogens with zero attached hydrogens (tertiary/aromatic N) is 1. The van der Waals surface area contributed by atoms with Crippen LogP contribution in [0.1, 0.15) is 31.9 Å². The molecule has 17 heavy (non-hydrogen) atoms. The highest BCUT2D eigenvalue weighted by Crippen LogP contribution is 2.26. The predicted molar refractivity (Wildman–Crippen MR) is 69.9 cm³/mol. The number of hydrogen-bond donors (Lipinski definition) is 2. The Morgan fingerprint density at radius 1 is 1.35 bits per heavy atom. The third-order valence-electron chi connectivity index (χ3n) is 3.93. The van der Waals surface area contributed by atoms with E-state index in [0.717, 1.165) is 19.5 Å². The summed E-state index contributed by atoms with van der Waals surface area (Å²) in [6, 6.07) is 8.25. The van der Waals surface area contributed by atoms with Crippen molar-refractivity contribution in [3.63, 3.8) is 0 Å². The zero-order valence-electron chi connectivity index (χ0n) is 10.6. The van der Waals surface area contributed by atoms with Crippen molar-refractivity contribution in [3.05, 3.63) is 29.8 Å². The van der Waals surface area contributed by atoms with Crippen LogP contribution in [0.4, 0.5) is 0 Å². The van der Waals surface area contributed by atoms with Crippen molar-refractivity contribution in [2.24, 2.45) is 11.7 Å². The predicted octanol–water partition coefficient (Wildman–Crippen LogP) is 2.12. The van der Waals surface area contributed by atoms with Gasteiger partial charge in [0.2, 0.25) is 0 Å². The van der Waals surface area contributed by atoms with Gasteiger partial charge >= 0.3 is 0 Å². The number of aromatic hydroxyl groups is 1. The van der Waals surface area contributed by atoms with Crippen molar-refractivity contribution in [2.45, 2.75) is 32.4 Å². The van der Waals surface area contributed by atoms with Crippen LogP contribution in [-0.4, -0.2) is 29.1 Å². The summed E-state index contributed by atoms with van der Waals surface area (Å²) in [5, 5.41) is 9.30. The topological polar surface area (TPSA) is 49.5 Å². The van der Waals surface area contributed by atoms with E-state index < -0.39 is 0 Å². The highest BCUT2D eigenvalue weighted by atomic mass is 16.3. The number of piperidine rings is 1. The Hall–Kier alpha value is -1.06. The minimum Gasteiger partial charge on any atom is -0.508 e. The number of nitrogens with two attached hydrogens (primary N) is 1. The van der Waals surface area contributed by atoms with Gasteiger partial charge < -0.3 is 10.8 Å². The van der Waals surface area contributed by atoms with Crippen molar-refractivity contribution < 1.29 is 5.11 Å². The number of rotatable bonds is 2. The maximum atomic E-state index is 9.30. The molecule has 0 aliphatic carbocycles. The fourth-order valence-electron chi connectivity index (χ4n) is 2.51. The van der Waals surface area contributed by atoms with Crippen LogP contribution >= 0.6 is 0 Å². The molecule has 0 bridgehead atoms. The van der Waals surface area contributed by atoms with Crippen LogP contribution in [0.3, 0.4) is 0 Å². The van der Waals surface area contributed by atoms with E-state index in [9.17, 15) is 5.11 Å². The maximum Gasteiger partial charge on any atom is 0.115 e. The molecule has 3 N–H and O–H groups in total. The first-order chi connectivity index (χ1) is 8.08. The summed E-state index contributed by atoms with van der Waals surface area (Å²) < 4.78 is 0. The van der Waals surface area contributed by atoms with Gasteiger partial charge in [0.05, 0.1) is 0 Å². The first-order valence-electron chi connectivity index (χ1n) is 6.36. The zero-order valence-corrected chi connectivity index (χ0v) is 10.6. The Morgan fingerprint density at radius 2 is 2.00 bits per heavy atom. The van der Waals surface area contributed by atoms with Crippen LogP contribution in [0.25, 0.3) is 0 Å². The lowest BCUT2D eigenvalue weighted by Gasteiger charge is -2.38. The van der Waals surface area contributed by atoms with Crippen LogP contribution in [0.15, 0.2) is 24.3 Å². The molecular formula is C14H22N2O. The molecule has 3 unspecified atom stereocenters. The van der Waals surface area contributed by atoms with Gasteiger partial charge in [-0.05, 0) is 37.0 Å². The van der Waals surface area contributed by atoms with Gasteiger partial charge in [0.25, 0.3) is 0 Å². The van der Waals surface area contributed by atoms with Crippen molar-refractivity contribution in [1.29, 1.82) is 0 Å². The largest absolute Gasteiger partial charge is 0.508 e. The highest BCUT2D eigenvalue weighted by Gasteiger charge is 2.26. The number of phenolic OH excluding ortho intramolecular Hbond substituents is 1. The first-order valence-corrected chi connectivity index (χ1v) is 6.36. The lowest BCUT2D eigenvalue weighted by Crippen LogP contribution is -2.46. The Kier molecular flexibility index (Phi) is 3.69. The number of likely N-dealkylation sites (tertiary alicyclic amines) is 1. The van der Waals surface area contributed by atoms with Gasteiger partial charge in [0.15, 0.2) is 0 Å². The number of hydrogen-bond acceptors (Lipinski definition) is 3. The van der Waals surface area contributed by atoms with Crippen LogP contribution in [-0.2, 0) is 0 Å². The summed E-state index contributed by atoms with van der Waals surface area (Å²) in [4.78, 5) is 2.47. The van der Waals surface area contributed by atoms with Gasteiger partial charge in [-0.25, -0.2) is 0 Å². The molecule has 0 spiro atoms. The van der Waals surface area contributed by atoms with Gasteiger partial charge in [0.1, 0.15) is 5.75 Å². The van der Waals surface area contributed by atoms with E-state index >= 15 is 0 Å². The van der Waals surface area contributed by atoms with Crippen LogP contribution in [0.5, 0.6) is 5.75 Å². The van der Waals surface area contributed by atoms with Crippen molar-refractivity contribution in [2.75, 3.05) is 13.1 Å². The van der Waals surface area contributed by atoms with E-state index in [4.69, 9.17) is 5.73 Å². The summed E-state index contributed by atoms with van der Waals surface area (Å²) in [5.74, 6) is 0.887. The van der Waals surface area contributed by atoms with Crippen LogP contribution in [0.2, 0.25) is 0 Å². The molecule has 3 atom stereocenters. The fourth-order valence-corrected chi connectivity index (χ4v) is 2.51. The minimum absolute atomic E-state index is 0.329. The van der Waals surface area contributed by atoms with Gasteiger partial charge in [0, 0.05) is 25.2 Å². The molecule has 2 rings (SSSR count). The molecule has 0 radical (unpaired) electrons. The van der Waals surface area contributed by atoms with Gasteiger partial charge in [-0.15, -0.1) is 0 Å². The Bertz CT molecular complexity index is 363. The van der Waals surface area contributed by atoms with E-state index in [1.54, 1.807) is 12.1 Å². The molecule has 0 aromatic heterocycles. The Labute approximate surface area is 103 Å². The van der Waals surface area contributed by atoms with Gasteiger partial charge in [-0.1, -0.05) is 19.1 Å². The molecule has 1 aliphatic heterocycles. The summed E-state index contributed by atoms with van der Waals surface area (Å²) in [6.45, 7) is 6.56. The van der Waals surface area contributed by atoms with Crippen molar-refractivity contribution >= 4 is 0 Å². The SMILES string of the molecule is CC1CN(C(C)c2ccc(O)cc2)CCC1N. The molecule has 1 saturated heterocycles. The summed E-state index contributed by atoms with van der Waals surface area (Å²) >= 11 is 0. The molecule has 0 saturated carbocycles. The molecule has 94 valence electrons. The highest BCUT2D eigenvalue weighted by molar-refractivity contribution is 5.27. The monoisotopic (exact) mass is 234 g/mol. The molecule has 0 amide bonds. The fraction of sp³-hybridized carbons (Fsp3) is 0.571. The van der Waals surface area contributed by atoms with Crippen molar-refractivity contribution in [1.82, 2.24) is 4.90 Å². The molecule has 1 aromatic rings. The molecular weight excluding hydrogens is 212 g/mol. The molecule has 1 aliphatic rings. The van der Waals surface area contributed by atoms with E-state index in [2.05, 4.69) is 18.7 Å². The third-order valence-corrected chi connectivity index (χ3v) is 3.93. The minimum atomic E-state index is 0.329. The molecule has 1 aromatic carbocycles. The lowest BCUT2D eigenvalue weighted by atomic mass is 9.92. The number of phenols is 1. The lowest BCUT2D eigenvalue weighted by molar-refractivity contribution is 0.124. The summed E-state index contributed by atoms with van der Waals surface area (Å²) in [5.41, 5.74) is 7.29. The van der Waals surface area contributed by atoms with Crippen molar-refractivity contribution in [3.8, 4) is 5.75 Å². The zero-order chi connectivity index (χ0) is 12.4. The van der Waals surface area contributed by atoms with E-state index in [1.165, 1.54) is 5.56 Å². The normalized spacial score (nSPS) is 27.9. The molecule has 1 fully saturated rings. The molecule has 1 heterocycles.